The molecule has 2 fully saturated rings. The fraction of sp³-hybridized carbons (Fsp3) is 0.333. The molecule has 2 aliphatic rings. The molecule has 2 saturated heterocycles. The summed E-state index contributed by atoms with van der Waals surface area (Å²) in [7, 11) is 0. The molecule has 3 aromatic rings. The van der Waals surface area contributed by atoms with Crippen LogP contribution >= 0.6 is 11.3 Å². The molecule has 3 amide bonds. The summed E-state index contributed by atoms with van der Waals surface area (Å²) >= 11 is 1.55. The van der Waals surface area contributed by atoms with Crippen LogP contribution in [0.5, 0.6) is 0 Å². The normalized spacial score (nSPS) is 22.6. The fourth-order valence-electron chi connectivity index (χ4n) is 5.36. The highest BCUT2D eigenvalue weighted by molar-refractivity contribution is 7.09. The van der Waals surface area contributed by atoms with Gasteiger partial charge in [0.1, 0.15) is 5.01 Å². The van der Waals surface area contributed by atoms with Crippen molar-refractivity contribution in [2.75, 3.05) is 6.54 Å². The third-order valence-corrected chi connectivity index (χ3v) is 7.89. The highest BCUT2D eigenvalue weighted by Crippen LogP contribution is 2.44. The Morgan fingerprint density at radius 1 is 1.12 bits per heavy atom. The van der Waals surface area contributed by atoms with Crippen LogP contribution in [0.25, 0.3) is 0 Å². The number of aromatic nitrogens is 1. The minimum Gasteiger partial charge on any atom is -0.333 e. The summed E-state index contributed by atoms with van der Waals surface area (Å²) in [5, 5.41) is 2.85. The van der Waals surface area contributed by atoms with Gasteiger partial charge in [-0.3, -0.25) is 19.3 Å². The second-order valence-corrected chi connectivity index (χ2v) is 10.1. The summed E-state index contributed by atoms with van der Waals surface area (Å²) in [6.45, 7) is 2.79. The number of hydrogen-bond donors (Lipinski definition) is 0. The number of hydrogen-bond acceptors (Lipinski definition) is 5. The van der Waals surface area contributed by atoms with Gasteiger partial charge >= 0.3 is 0 Å². The van der Waals surface area contributed by atoms with Crippen molar-refractivity contribution >= 4 is 29.1 Å². The lowest BCUT2D eigenvalue weighted by Crippen LogP contribution is -2.43. The predicted molar refractivity (Wildman–Crippen MR) is 130 cm³/mol. The van der Waals surface area contributed by atoms with Gasteiger partial charge in [-0.05, 0) is 36.5 Å². The lowest BCUT2D eigenvalue weighted by molar-refractivity contribution is -0.143. The summed E-state index contributed by atoms with van der Waals surface area (Å²) < 4.78 is 0. The number of carbonyl (C=O) groups is 3. The number of aryl methyl sites for hydroxylation is 1. The third-order valence-electron chi connectivity index (χ3n) is 7.02. The second kappa shape index (κ2) is 9.14. The van der Waals surface area contributed by atoms with Gasteiger partial charge in [0.15, 0.2) is 0 Å². The van der Waals surface area contributed by atoms with Gasteiger partial charge in [-0.1, -0.05) is 54.6 Å². The minimum atomic E-state index is -1.19. The maximum absolute atomic E-state index is 14.0. The Labute approximate surface area is 203 Å². The van der Waals surface area contributed by atoms with E-state index in [4.69, 9.17) is 0 Å². The van der Waals surface area contributed by atoms with Crippen LogP contribution in [0.2, 0.25) is 0 Å². The van der Waals surface area contributed by atoms with Crippen molar-refractivity contribution in [3.63, 3.8) is 0 Å². The topological polar surface area (TPSA) is 70.6 Å². The first-order valence-corrected chi connectivity index (χ1v) is 12.5. The Balaban J connectivity index is 1.49. The molecule has 1 aromatic heterocycles. The molecule has 0 aliphatic carbocycles. The molecule has 5 rings (SSSR count). The van der Waals surface area contributed by atoms with Crippen LogP contribution in [0.3, 0.4) is 0 Å². The predicted octanol–water partition coefficient (Wildman–Crippen LogP) is 4.40. The quantitative estimate of drug-likeness (QED) is 0.498. The van der Waals surface area contributed by atoms with Crippen LogP contribution in [0, 0.1) is 6.92 Å². The van der Waals surface area contributed by atoms with Crippen molar-refractivity contribution < 1.29 is 14.4 Å². The van der Waals surface area contributed by atoms with Gasteiger partial charge in [-0.15, -0.1) is 11.3 Å². The zero-order chi connectivity index (χ0) is 23.7. The molecule has 0 N–H and O–H groups in total. The van der Waals surface area contributed by atoms with Crippen LogP contribution < -0.4 is 0 Å². The number of likely N-dealkylation sites (tertiary alicyclic amines) is 2. The zero-order valence-corrected chi connectivity index (χ0v) is 20.0. The van der Waals surface area contributed by atoms with E-state index in [0.29, 0.717) is 6.54 Å². The van der Waals surface area contributed by atoms with Crippen molar-refractivity contribution in [3.05, 3.63) is 87.9 Å². The van der Waals surface area contributed by atoms with Gasteiger partial charge in [0.2, 0.25) is 17.7 Å². The van der Waals surface area contributed by atoms with E-state index in [-0.39, 0.29) is 43.1 Å². The van der Waals surface area contributed by atoms with E-state index in [1.807, 2.05) is 71.8 Å². The standard InChI is InChI=1S/C27H27N3O3S/c1-19-8-5-6-11-21(19)27(16-23(31)29-14-7-12-22(29)25-28-13-15-34-25)17-24(32)30(26(27)33)18-20-9-3-2-4-10-20/h2-6,8-11,13,15,22H,7,12,14,16-18H2,1H3/t22-,27+/m0/s1. The third kappa shape index (κ3) is 3.94. The molecule has 0 spiro atoms. The Kier molecular flexibility index (Phi) is 6.04. The van der Waals surface area contributed by atoms with Gasteiger partial charge in [0, 0.05) is 31.0 Å². The van der Waals surface area contributed by atoms with E-state index >= 15 is 0 Å². The van der Waals surface area contributed by atoms with Crippen LogP contribution in [0.4, 0.5) is 0 Å². The minimum absolute atomic E-state index is 0.00498. The molecule has 0 bridgehead atoms. The second-order valence-electron chi connectivity index (χ2n) is 9.14. The summed E-state index contributed by atoms with van der Waals surface area (Å²) in [5.41, 5.74) is 1.38. The molecular weight excluding hydrogens is 446 g/mol. The first-order valence-electron chi connectivity index (χ1n) is 11.6. The Morgan fingerprint density at radius 3 is 2.62 bits per heavy atom. The molecule has 6 nitrogen and oxygen atoms in total. The van der Waals surface area contributed by atoms with E-state index in [1.54, 1.807) is 17.5 Å². The largest absolute Gasteiger partial charge is 0.333 e. The molecule has 7 heteroatoms. The zero-order valence-electron chi connectivity index (χ0n) is 19.1. The fourth-order valence-corrected chi connectivity index (χ4v) is 6.15. The lowest BCUT2D eigenvalue weighted by Gasteiger charge is -2.32. The summed E-state index contributed by atoms with van der Waals surface area (Å²) in [6.07, 6.45) is 3.51. The van der Waals surface area contributed by atoms with E-state index in [0.717, 1.165) is 34.5 Å². The SMILES string of the molecule is Cc1ccccc1[C@@]1(CC(=O)N2CCC[C@H]2c2nccs2)CC(=O)N(Cc2ccccc2)C1=O. The Hall–Kier alpha value is -3.32. The van der Waals surface area contributed by atoms with Gasteiger partial charge < -0.3 is 4.90 Å². The number of imide groups is 1. The monoisotopic (exact) mass is 473 g/mol. The maximum atomic E-state index is 14.0. The summed E-state index contributed by atoms with van der Waals surface area (Å²) in [4.78, 5) is 48.6. The first kappa shape index (κ1) is 22.5. The number of thiazole rings is 1. The van der Waals surface area contributed by atoms with Crippen molar-refractivity contribution in [1.82, 2.24) is 14.8 Å². The van der Waals surface area contributed by atoms with Gasteiger partial charge in [-0.25, -0.2) is 4.98 Å². The first-order chi connectivity index (χ1) is 16.5. The van der Waals surface area contributed by atoms with Gasteiger partial charge in [0.25, 0.3) is 0 Å². The highest BCUT2D eigenvalue weighted by atomic mass is 32.1. The van der Waals surface area contributed by atoms with E-state index < -0.39 is 5.41 Å². The molecule has 0 radical (unpaired) electrons. The average molecular weight is 474 g/mol. The highest BCUT2D eigenvalue weighted by Gasteiger charge is 2.55. The van der Waals surface area contributed by atoms with E-state index in [2.05, 4.69) is 4.98 Å². The van der Waals surface area contributed by atoms with Crippen LogP contribution in [-0.2, 0) is 26.3 Å². The molecule has 174 valence electrons. The molecule has 2 atom stereocenters. The van der Waals surface area contributed by atoms with Crippen molar-refractivity contribution in [2.45, 2.75) is 50.6 Å². The molecule has 0 saturated carbocycles. The molecule has 2 aromatic carbocycles. The van der Waals surface area contributed by atoms with Gasteiger partial charge in [0.05, 0.1) is 18.0 Å². The smallest absolute Gasteiger partial charge is 0.241 e. The van der Waals surface area contributed by atoms with Crippen molar-refractivity contribution in [3.8, 4) is 0 Å². The van der Waals surface area contributed by atoms with Crippen molar-refractivity contribution in [1.29, 1.82) is 0 Å². The number of nitrogens with zero attached hydrogens (tertiary/aromatic N) is 3. The van der Waals surface area contributed by atoms with E-state index in [1.165, 1.54) is 4.90 Å². The molecular formula is C27H27N3O3S. The molecule has 0 unspecified atom stereocenters. The van der Waals surface area contributed by atoms with Crippen LogP contribution in [-0.4, -0.2) is 39.1 Å². The number of carbonyl (C=O) groups excluding carboxylic acids is 3. The molecule has 34 heavy (non-hydrogen) atoms. The number of amides is 3. The number of rotatable bonds is 6. The van der Waals surface area contributed by atoms with Crippen molar-refractivity contribution in [2.24, 2.45) is 0 Å². The summed E-state index contributed by atoms with van der Waals surface area (Å²) in [6, 6.07) is 17.1. The lowest BCUT2D eigenvalue weighted by atomic mass is 9.74. The van der Waals surface area contributed by atoms with Crippen LogP contribution in [0.15, 0.2) is 66.2 Å². The van der Waals surface area contributed by atoms with E-state index in [9.17, 15) is 14.4 Å². The maximum Gasteiger partial charge on any atom is 0.241 e. The molecule has 2 aliphatic heterocycles. The Morgan fingerprint density at radius 2 is 1.88 bits per heavy atom. The number of benzene rings is 2. The van der Waals surface area contributed by atoms with Gasteiger partial charge in [-0.2, -0.15) is 0 Å². The average Bonchev–Trinajstić information content (AvgIpc) is 3.58. The molecule has 3 heterocycles. The Bertz CT molecular complexity index is 1210. The summed E-state index contributed by atoms with van der Waals surface area (Å²) in [5.74, 6) is -0.611. The van der Waals surface area contributed by atoms with Crippen LogP contribution in [0.1, 0.15) is 53.4 Å².